The average Bonchev–Trinajstić information content (AvgIpc) is 2.71. The van der Waals surface area contributed by atoms with E-state index in [-0.39, 0.29) is 5.76 Å². The Morgan fingerprint density at radius 2 is 2.00 bits per heavy atom. The molecule has 0 bridgehead atoms. The van der Waals surface area contributed by atoms with Gasteiger partial charge in [0.05, 0.1) is 7.11 Å². The summed E-state index contributed by atoms with van der Waals surface area (Å²) >= 11 is 0. The maximum absolute atomic E-state index is 11.3. The third kappa shape index (κ3) is 1.69. The molecule has 2 rings (SSSR count). The van der Waals surface area contributed by atoms with E-state index in [2.05, 4.69) is 9.89 Å². The molecule has 0 saturated heterocycles. The van der Waals surface area contributed by atoms with E-state index in [1.54, 1.807) is 6.92 Å². The summed E-state index contributed by atoms with van der Waals surface area (Å²) in [6.45, 7) is 1.78. The summed E-state index contributed by atoms with van der Waals surface area (Å²) in [6, 6.07) is 9.54. The van der Waals surface area contributed by atoms with E-state index >= 15 is 0 Å². The van der Waals surface area contributed by atoms with E-state index < -0.39 is 5.97 Å². The van der Waals surface area contributed by atoms with E-state index in [0.29, 0.717) is 11.3 Å². The summed E-state index contributed by atoms with van der Waals surface area (Å²) in [7, 11) is 1.31. The van der Waals surface area contributed by atoms with Crippen molar-refractivity contribution in [2.75, 3.05) is 7.11 Å². The molecular weight excluding hydrogens is 206 g/mol. The van der Waals surface area contributed by atoms with Gasteiger partial charge >= 0.3 is 5.97 Å². The molecule has 0 saturated carbocycles. The second kappa shape index (κ2) is 4.18. The molecule has 4 heteroatoms. The summed E-state index contributed by atoms with van der Waals surface area (Å²) in [5.74, 6) is -0.353. The van der Waals surface area contributed by atoms with E-state index in [1.165, 1.54) is 7.11 Å². The highest BCUT2D eigenvalue weighted by atomic mass is 16.5. The number of benzene rings is 1. The highest BCUT2D eigenvalue weighted by Gasteiger charge is 2.19. The Kier molecular flexibility index (Phi) is 2.72. The Morgan fingerprint density at radius 3 is 2.62 bits per heavy atom. The molecule has 0 atom stereocenters. The Morgan fingerprint density at radius 1 is 1.31 bits per heavy atom. The molecule has 0 aliphatic carbocycles. The molecular formula is C12H11NO3. The molecule has 0 aliphatic rings. The van der Waals surface area contributed by atoms with Crippen molar-refractivity contribution >= 4 is 5.97 Å². The van der Waals surface area contributed by atoms with Gasteiger partial charge in [-0.15, -0.1) is 0 Å². The molecule has 0 radical (unpaired) electrons. The average molecular weight is 217 g/mol. The van der Waals surface area contributed by atoms with Gasteiger partial charge in [-0.1, -0.05) is 35.5 Å². The lowest BCUT2D eigenvalue weighted by Gasteiger charge is -1.96. The minimum atomic E-state index is -0.507. The summed E-state index contributed by atoms with van der Waals surface area (Å²) in [6.07, 6.45) is 0. The predicted molar refractivity (Wildman–Crippen MR) is 58.0 cm³/mol. The zero-order chi connectivity index (χ0) is 11.5. The summed E-state index contributed by atoms with van der Waals surface area (Å²) in [5.41, 5.74) is 2.28. The topological polar surface area (TPSA) is 52.3 Å². The standard InChI is InChI=1S/C12H11NO3/c1-8-10(9-6-4-3-5-7-9)13-16-11(8)12(14)15-2/h3-7H,1-2H3. The number of carbonyl (C=O) groups is 1. The first-order chi connectivity index (χ1) is 7.74. The third-order valence-electron chi connectivity index (χ3n) is 2.34. The maximum atomic E-state index is 11.3. The summed E-state index contributed by atoms with van der Waals surface area (Å²) in [4.78, 5) is 11.3. The SMILES string of the molecule is COC(=O)c1onc(-c2ccccc2)c1C. The lowest BCUT2D eigenvalue weighted by Crippen LogP contribution is -2.01. The number of nitrogens with zero attached hydrogens (tertiary/aromatic N) is 1. The summed E-state index contributed by atoms with van der Waals surface area (Å²) in [5, 5.41) is 3.88. The van der Waals surface area contributed by atoms with Crippen LogP contribution in [0.2, 0.25) is 0 Å². The number of esters is 1. The van der Waals surface area contributed by atoms with Crippen LogP contribution in [0.1, 0.15) is 16.1 Å². The van der Waals surface area contributed by atoms with Gasteiger partial charge in [-0.05, 0) is 6.92 Å². The van der Waals surface area contributed by atoms with E-state index in [4.69, 9.17) is 4.52 Å². The molecule has 82 valence electrons. The lowest BCUT2D eigenvalue weighted by atomic mass is 10.1. The molecule has 0 amide bonds. The molecule has 0 aliphatic heterocycles. The van der Waals surface area contributed by atoms with Crippen molar-refractivity contribution < 1.29 is 14.1 Å². The van der Waals surface area contributed by atoms with Gasteiger partial charge in [0.25, 0.3) is 0 Å². The van der Waals surface area contributed by atoms with Crippen molar-refractivity contribution in [1.29, 1.82) is 0 Å². The smallest absolute Gasteiger partial charge is 0.377 e. The molecule has 16 heavy (non-hydrogen) atoms. The number of methoxy groups -OCH3 is 1. The van der Waals surface area contributed by atoms with Crippen molar-refractivity contribution in [3.63, 3.8) is 0 Å². The fraction of sp³-hybridized carbons (Fsp3) is 0.167. The van der Waals surface area contributed by atoms with Crippen LogP contribution in [-0.2, 0) is 4.74 Å². The first-order valence-electron chi connectivity index (χ1n) is 4.84. The highest BCUT2D eigenvalue weighted by Crippen LogP contribution is 2.24. The van der Waals surface area contributed by atoms with Crippen LogP contribution in [0.25, 0.3) is 11.3 Å². The predicted octanol–water partition coefficient (Wildman–Crippen LogP) is 2.44. The van der Waals surface area contributed by atoms with Crippen molar-refractivity contribution in [2.45, 2.75) is 6.92 Å². The number of hydrogen-bond donors (Lipinski definition) is 0. The molecule has 4 nitrogen and oxygen atoms in total. The number of ether oxygens (including phenoxy) is 1. The zero-order valence-electron chi connectivity index (χ0n) is 9.06. The summed E-state index contributed by atoms with van der Waals surface area (Å²) < 4.78 is 9.57. The Labute approximate surface area is 92.8 Å². The Balaban J connectivity index is 2.45. The molecule has 0 spiro atoms. The van der Waals surface area contributed by atoms with Crippen molar-refractivity contribution in [3.05, 3.63) is 41.7 Å². The van der Waals surface area contributed by atoms with Gasteiger partial charge in [-0.25, -0.2) is 4.79 Å². The van der Waals surface area contributed by atoms with Crippen molar-refractivity contribution in [2.24, 2.45) is 0 Å². The van der Waals surface area contributed by atoms with Crippen LogP contribution in [0, 0.1) is 6.92 Å². The quantitative estimate of drug-likeness (QED) is 0.725. The number of hydrogen-bond acceptors (Lipinski definition) is 4. The van der Waals surface area contributed by atoms with Gasteiger partial charge < -0.3 is 9.26 Å². The minimum Gasteiger partial charge on any atom is -0.463 e. The molecule has 0 unspecified atom stereocenters. The van der Waals surface area contributed by atoms with Crippen LogP contribution in [0.5, 0.6) is 0 Å². The van der Waals surface area contributed by atoms with Crippen LogP contribution >= 0.6 is 0 Å². The van der Waals surface area contributed by atoms with Gasteiger partial charge in [0, 0.05) is 11.1 Å². The van der Waals surface area contributed by atoms with Crippen molar-refractivity contribution in [1.82, 2.24) is 5.16 Å². The van der Waals surface area contributed by atoms with Crippen LogP contribution in [-0.4, -0.2) is 18.2 Å². The van der Waals surface area contributed by atoms with Gasteiger partial charge in [0.15, 0.2) is 0 Å². The molecule has 1 aromatic carbocycles. The first kappa shape index (κ1) is 10.4. The monoisotopic (exact) mass is 217 g/mol. The molecule has 0 N–H and O–H groups in total. The first-order valence-corrected chi connectivity index (χ1v) is 4.84. The van der Waals surface area contributed by atoms with Gasteiger partial charge in [0.1, 0.15) is 5.69 Å². The van der Waals surface area contributed by atoms with Crippen molar-refractivity contribution in [3.8, 4) is 11.3 Å². The Bertz CT molecular complexity index is 502. The van der Waals surface area contributed by atoms with Gasteiger partial charge in [-0.3, -0.25) is 0 Å². The lowest BCUT2D eigenvalue weighted by molar-refractivity contribution is 0.0553. The maximum Gasteiger partial charge on any atom is 0.377 e. The van der Waals surface area contributed by atoms with Crippen LogP contribution in [0.15, 0.2) is 34.9 Å². The normalized spacial score (nSPS) is 10.1. The third-order valence-corrected chi connectivity index (χ3v) is 2.34. The minimum absolute atomic E-state index is 0.154. The second-order valence-corrected chi connectivity index (χ2v) is 3.34. The number of rotatable bonds is 2. The van der Waals surface area contributed by atoms with Crippen LogP contribution in [0.4, 0.5) is 0 Å². The fourth-order valence-corrected chi connectivity index (χ4v) is 1.48. The van der Waals surface area contributed by atoms with E-state index in [1.807, 2.05) is 30.3 Å². The Hall–Kier alpha value is -2.10. The van der Waals surface area contributed by atoms with Gasteiger partial charge in [-0.2, -0.15) is 0 Å². The molecule has 1 heterocycles. The van der Waals surface area contributed by atoms with Crippen LogP contribution in [0.3, 0.4) is 0 Å². The zero-order valence-corrected chi connectivity index (χ0v) is 9.06. The molecule has 2 aromatic rings. The highest BCUT2D eigenvalue weighted by molar-refractivity contribution is 5.89. The van der Waals surface area contributed by atoms with E-state index in [9.17, 15) is 4.79 Å². The van der Waals surface area contributed by atoms with Crippen LogP contribution < -0.4 is 0 Å². The molecule has 1 aromatic heterocycles. The van der Waals surface area contributed by atoms with Gasteiger partial charge in [0.2, 0.25) is 5.76 Å². The second-order valence-electron chi connectivity index (χ2n) is 3.34. The fourth-order valence-electron chi connectivity index (χ4n) is 1.48. The number of carbonyl (C=O) groups excluding carboxylic acids is 1. The number of aromatic nitrogens is 1. The molecule has 0 fully saturated rings. The largest absolute Gasteiger partial charge is 0.463 e. The van der Waals surface area contributed by atoms with E-state index in [0.717, 1.165) is 5.56 Å².